The Morgan fingerprint density at radius 1 is 1.38 bits per heavy atom. The van der Waals surface area contributed by atoms with Crippen LogP contribution in [0.15, 0.2) is 29.4 Å². The van der Waals surface area contributed by atoms with Crippen molar-refractivity contribution >= 4 is 21.7 Å². The highest BCUT2D eigenvalue weighted by molar-refractivity contribution is 9.10. The van der Waals surface area contributed by atoms with E-state index in [2.05, 4.69) is 30.9 Å². The molecule has 84 valence electrons. The first-order valence-corrected chi connectivity index (χ1v) is 5.61. The molecule has 0 aliphatic heterocycles. The van der Waals surface area contributed by atoms with Gasteiger partial charge in [-0.05, 0) is 15.9 Å². The first-order valence-electron chi connectivity index (χ1n) is 4.81. The highest BCUT2D eigenvalue weighted by atomic mass is 79.9. The topological polar surface area (TPSA) is 46.8 Å². The van der Waals surface area contributed by atoms with Gasteiger partial charge in [-0.2, -0.15) is 0 Å². The number of nitrogens with zero attached hydrogens (tertiary/aromatic N) is 5. The fourth-order valence-electron chi connectivity index (χ4n) is 1.37. The summed E-state index contributed by atoms with van der Waals surface area (Å²) in [5, 5.41) is 0. The molecule has 0 amide bonds. The second-order valence-corrected chi connectivity index (χ2v) is 4.32. The Bertz CT molecular complexity index is 482. The van der Waals surface area contributed by atoms with Crippen molar-refractivity contribution in [2.75, 3.05) is 11.9 Å². The summed E-state index contributed by atoms with van der Waals surface area (Å²) in [6, 6.07) is 1.88. The molecule has 0 unspecified atom stereocenters. The number of aryl methyl sites for hydroxylation is 1. The number of hydrogen-bond acceptors (Lipinski definition) is 4. The molecule has 0 aromatic carbocycles. The summed E-state index contributed by atoms with van der Waals surface area (Å²) in [5.41, 5.74) is 0. The molecule has 0 aliphatic rings. The second kappa shape index (κ2) is 4.61. The molecule has 0 aliphatic carbocycles. The lowest BCUT2D eigenvalue weighted by atomic mass is 10.4. The van der Waals surface area contributed by atoms with E-state index in [4.69, 9.17) is 0 Å². The molecule has 16 heavy (non-hydrogen) atoms. The standard InChI is InChI=1S/C10H12BrN5/c1-15-4-3-12-10(15)6-16(2)9-5-8(11)13-7-14-9/h3-5,7H,6H2,1-2H3. The molecule has 0 bridgehead atoms. The van der Waals surface area contributed by atoms with Crippen LogP contribution >= 0.6 is 15.9 Å². The first-order chi connectivity index (χ1) is 7.66. The molecule has 2 aromatic rings. The fraction of sp³-hybridized carbons (Fsp3) is 0.300. The maximum atomic E-state index is 4.27. The molecular formula is C10H12BrN5. The van der Waals surface area contributed by atoms with Crippen LogP contribution in [0.3, 0.4) is 0 Å². The minimum atomic E-state index is 0.715. The Kier molecular flexibility index (Phi) is 3.19. The molecule has 2 aromatic heterocycles. The largest absolute Gasteiger partial charge is 0.352 e. The van der Waals surface area contributed by atoms with Crippen LogP contribution in [0.2, 0.25) is 0 Å². The molecule has 0 radical (unpaired) electrons. The van der Waals surface area contributed by atoms with E-state index in [9.17, 15) is 0 Å². The molecule has 0 fully saturated rings. The molecule has 2 rings (SSSR count). The minimum Gasteiger partial charge on any atom is -0.352 e. The smallest absolute Gasteiger partial charge is 0.133 e. The van der Waals surface area contributed by atoms with Crippen LogP contribution in [-0.4, -0.2) is 26.6 Å². The van der Waals surface area contributed by atoms with Gasteiger partial charge in [0.05, 0.1) is 6.54 Å². The lowest BCUT2D eigenvalue weighted by Crippen LogP contribution is -2.20. The van der Waals surface area contributed by atoms with Gasteiger partial charge >= 0.3 is 0 Å². The average Bonchev–Trinajstić information content (AvgIpc) is 2.64. The summed E-state index contributed by atoms with van der Waals surface area (Å²) < 4.78 is 2.77. The minimum absolute atomic E-state index is 0.715. The van der Waals surface area contributed by atoms with E-state index in [1.54, 1.807) is 6.20 Å². The Labute approximate surface area is 102 Å². The van der Waals surface area contributed by atoms with Gasteiger partial charge in [0.1, 0.15) is 22.6 Å². The Morgan fingerprint density at radius 2 is 2.19 bits per heavy atom. The van der Waals surface area contributed by atoms with Gasteiger partial charge in [0.25, 0.3) is 0 Å². The summed E-state index contributed by atoms with van der Waals surface area (Å²) in [4.78, 5) is 14.5. The van der Waals surface area contributed by atoms with E-state index < -0.39 is 0 Å². The normalized spacial score (nSPS) is 10.4. The van der Waals surface area contributed by atoms with Crippen LogP contribution in [0.5, 0.6) is 0 Å². The van der Waals surface area contributed by atoms with Gasteiger partial charge in [0, 0.05) is 32.6 Å². The molecule has 5 nitrogen and oxygen atoms in total. The number of aromatic nitrogens is 4. The molecule has 6 heteroatoms. The number of rotatable bonds is 3. The lowest BCUT2D eigenvalue weighted by Gasteiger charge is -2.17. The summed E-state index contributed by atoms with van der Waals surface area (Å²) in [6.45, 7) is 0.715. The molecular weight excluding hydrogens is 270 g/mol. The van der Waals surface area contributed by atoms with Gasteiger partial charge in [-0.25, -0.2) is 15.0 Å². The Balaban J connectivity index is 2.14. The molecule has 2 heterocycles. The summed E-state index contributed by atoms with van der Waals surface area (Å²) in [6.07, 6.45) is 5.26. The predicted octanol–water partition coefficient (Wildman–Crippen LogP) is 1.61. The van der Waals surface area contributed by atoms with E-state index in [-0.39, 0.29) is 0 Å². The SMILES string of the molecule is CN(Cc1nccn1C)c1cc(Br)ncn1. The lowest BCUT2D eigenvalue weighted by molar-refractivity contribution is 0.754. The van der Waals surface area contributed by atoms with Crippen LogP contribution in [0, 0.1) is 0 Å². The van der Waals surface area contributed by atoms with E-state index in [1.165, 1.54) is 6.33 Å². The number of halogens is 1. The third-order valence-corrected chi connectivity index (χ3v) is 2.74. The van der Waals surface area contributed by atoms with E-state index in [1.807, 2.05) is 35.8 Å². The number of anilines is 1. The molecule has 0 saturated heterocycles. The van der Waals surface area contributed by atoms with Gasteiger partial charge in [-0.3, -0.25) is 0 Å². The zero-order chi connectivity index (χ0) is 11.5. The van der Waals surface area contributed by atoms with Crippen molar-refractivity contribution in [2.24, 2.45) is 7.05 Å². The van der Waals surface area contributed by atoms with Crippen molar-refractivity contribution in [3.8, 4) is 0 Å². The molecule has 0 N–H and O–H groups in total. The second-order valence-electron chi connectivity index (χ2n) is 3.51. The van der Waals surface area contributed by atoms with E-state index in [0.29, 0.717) is 6.54 Å². The van der Waals surface area contributed by atoms with Crippen molar-refractivity contribution in [3.63, 3.8) is 0 Å². The van der Waals surface area contributed by atoms with Gasteiger partial charge in [0.15, 0.2) is 0 Å². The van der Waals surface area contributed by atoms with Gasteiger partial charge in [-0.15, -0.1) is 0 Å². The first kappa shape index (κ1) is 11.1. The van der Waals surface area contributed by atoms with Crippen molar-refractivity contribution in [2.45, 2.75) is 6.54 Å². The predicted molar refractivity (Wildman–Crippen MR) is 65.0 cm³/mol. The number of imidazole rings is 1. The van der Waals surface area contributed by atoms with E-state index >= 15 is 0 Å². The van der Waals surface area contributed by atoms with E-state index in [0.717, 1.165) is 16.2 Å². The van der Waals surface area contributed by atoms with Crippen LogP contribution in [0.4, 0.5) is 5.82 Å². The third kappa shape index (κ3) is 2.38. The quantitative estimate of drug-likeness (QED) is 0.802. The number of hydrogen-bond donors (Lipinski definition) is 0. The third-order valence-electron chi connectivity index (χ3n) is 2.31. The maximum absolute atomic E-state index is 4.27. The van der Waals surface area contributed by atoms with Crippen LogP contribution < -0.4 is 4.90 Å². The monoisotopic (exact) mass is 281 g/mol. The van der Waals surface area contributed by atoms with Crippen molar-refractivity contribution < 1.29 is 0 Å². The molecule has 0 saturated carbocycles. The van der Waals surface area contributed by atoms with Crippen molar-refractivity contribution in [3.05, 3.63) is 35.2 Å². The Hall–Kier alpha value is -1.43. The Morgan fingerprint density at radius 3 is 2.81 bits per heavy atom. The van der Waals surface area contributed by atoms with Crippen molar-refractivity contribution in [1.82, 2.24) is 19.5 Å². The zero-order valence-electron chi connectivity index (χ0n) is 9.13. The average molecular weight is 282 g/mol. The maximum Gasteiger partial charge on any atom is 0.133 e. The van der Waals surface area contributed by atoms with Crippen LogP contribution in [-0.2, 0) is 13.6 Å². The van der Waals surface area contributed by atoms with Crippen LogP contribution in [0.25, 0.3) is 0 Å². The summed E-state index contributed by atoms with van der Waals surface area (Å²) in [5.74, 6) is 1.86. The van der Waals surface area contributed by atoms with Crippen LogP contribution in [0.1, 0.15) is 5.82 Å². The van der Waals surface area contributed by atoms with Gasteiger partial charge < -0.3 is 9.47 Å². The van der Waals surface area contributed by atoms with Crippen molar-refractivity contribution in [1.29, 1.82) is 0 Å². The summed E-state index contributed by atoms with van der Waals surface area (Å²) in [7, 11) is 3.95. The highest BCUT2D eigenvalue weighted by Crippen LogP contribution is 2.14. The summed E-state index contributed by atoms with van der Waals surface area (Å²) >= 11 is 3.32. The highest BCUT2D eigenvalue weighted by Gasteiger charge is 2.07. The molecule has 0 spiro atoms. The van der Waals surface area contributed by atoms with Gasteiger partial charge in [0.2, 0.25) is 0 Å². The fourth-order valence-corrected chi connectivity index (χ4v) is 1.67. The molecule has 0 atom stereocenters. The zero-order valence-corrected chi connectivity index (χ0v) is 10.7. The van der Waals surface area contributed by atoms with Gasteiger partial charge in [-0.1, -0.05) is 0 Å².